The summed E-state index contributed by atoms with van der Waals surface area (Å²) in [6.45, 7) is 25.5. The number of benzene rings is 3. The van der Waals surface area contributed by atoms with E-state index in [2.05, 4.69) is 107 Å². The van der Waals surface area contributed by atoms with E-state index < -0.39 is 0 Å². The summed E-state index contributed by atoms with van der Waals surface area (Å²) in [5.41, 5.74) is 5.79. The molecular formula is C35H48O3. The Balaban J connectivity index is 2.51. The molecule has 0 fully saturated rings. The Labute approximate surface area is 230 Å². The SMILES string of the molecule is CC(C)(C)c1cc(C(c2ccc(O)cc2)c2cc(C(C)(C)C)c(O)c(C(C)(C)C)c2)cc(C(C)(C)C)c1O. The van der Waals surface area contributed by atoms with E-state index in [0.717, 1.165) is 38.9 Å². The highest BCUT2D eigenvalue weighted by molar-refractivity contribution is 5.58. The first kappa shape index (κ1) is 29.6. The number of phenols is 3. The Morgan fingerprint density at radius 3 is 0.921 bits per heavy atom. The molecule has 3 aromatic rings. The van der Waals surface area contributed by atoms with Crippen molar-refractivity contribution in [3.05, 3.63) is 87.5 Å². The Bertz CT molecular complexity index is 1150. The van der Waals surface area contributed by atoms with Gasteiger partial charge in [0.05, 0.1) is 0 Å². The molecule has 38 heavy (non-hydrogen) atoms. The summed E-state index contributed by atoms with van der Waals surface area (Å²) in [5.74, 6) is 0.769. The average molecular weight is 517 g/mol. The van der Waals surface area contributed by atoms with E-state index in [4.69, 9.17) is 0 Å². The Hall–Kier alpha value is -2.94. The van der Waals surface area contributed by atoms with Crippen LogP contribution in [0.15, 0.2) is 48.5 Å². The molecule has 206 valence electrons. The molecule has 0 bridgehead atoms. The number of phenolic OH excluding ortho intramolecular Hbond substituents is 3. The molecule has 3 rings (SSSR count). The molecule has 0 unspecified atom stereocenters. The maximum absolute atomic E-state index is 11.4. The standard InChI is InChI=1S/C35H48O3/c1-32(2,3)25-17-22(18-26(30(25)37)33(4,5)6)29(21-13-15-24(36)16-14-21)23-19-27(34(7,8)9)31(38)28(20-23)35(10,11)12/h13-20,29,36-38H,1-12H3. The molecule has 0 radical (unpaired) electrons. The van der Waals surface area contributed by atoms with Crippen molar-refractivity contribution >= 4 is 0 Å². The maximum atomic E-state index is 11.4. The predicted molar refractivity (Wildman–Crippen MR) is 160 cm³/mol. The van der Waals surface area contributed by atoms with Gasteiger partial charge in [0, 0.05) is 5.92 Å². The molecule has 0 amide bonds. The van der Waals surface area contributed by atoms with Crippen LogP contribution in [0.25, 0.3) is 0 Å². The van der Waals surface area contributed by atoms with Crippen molar-refractivity contribution in [2.24, 2.45) is 0 Å². The van der Waals surface area contributed by atoms with Gasteiger partial charge in [0.15, 0.2) is 0 Å². The Kier molecular flexibility index (Phi) is 7.53. The first-order valence-corrected chi connectivity index (χ1v) is 13.7. The predicted octanol–water partition coefficient (Wildman–Crippen LogP) is 9.17. The summed E-state index contributed by atoms with van der Waals surface area (Å²) in [7, 11) is 0. The van der Waals surface area contributed by atoms with E-state index in [1.165, 1.54) is 0 Å². The van der Waals surface area contributed by atoms with E-state index in [1.807, 2.05) is 12.1 Å². The molecule has 0 atom stereocenters. The summed E-state index contributed by atoms with van der Waals surface area (Å²) < 4.78 is 0. The zero-order valence-electron chi connectivity index (χ0n) is 25.5. The minimum absolute atomic E-state index is 0.166. The van der Waals surface area contributed by atoms with Crippen molar-refractivity contribution in [2.45, 2.75) is 111 Å². The van der Waals surface area contributed by atoms with Crippen molar-refractivity contribution in [1.29, 1.82) is 0 Å². The van der Waals surface area contributed by atoms with Gasteiger partial charge in [-0.1, -0.05) is 119 Å². The zero-order chi connectivity index (χ0) is 29.0. The molecule has 3 heteroatoms. The van der Waals surface area contributed by atoms with Crippen molar-refractivity contribution < 1.29 is 15.3 Å². The van der Waals surface area contributed by atoms with Gasteiger partial charge in [0.1, 0.15) is 17.2 Å². The normalized spacial score (nSPS) is 13.3. The van der Waals surface area contributed by atoms with Gasteiger partial charge in [0.25, 0.3) is 0 Å². The molecule has 0 aromatic heterocycles. The first-order valence-electron chi connectivity index (χ1n) is 13.7. The first-order chi connectivity index (χ1) is 17.1. The fraction of sp³-hybridized carbons (Fsp3) is 0.486. The van der Waals surface area contributed by atoms with Crippen molar-refractivity contribution in [3.8, 4) is 17.2 Å². The van der Waals surface area contributed by atoms with Crippen LogP contribution in [0.4, 0.5) is 0 Å². The highest BCUT2D eigenvalue weighted by Gasteiger charge is 2.32. The smallest absolute Gasteiger partial charge is 0.123 e. The number of aromatic hydroxyl groups is 3. The highest BCUT2D eigenvalue weighted by Crippen LogP contribution is 2.47. The van der Waals surface area contributed by atoms with Crippen molar-refractivity contribution in [2.75, 3.05) is 0 Å². The second-order valence-corrected chi connectivity index (χ2v) is 15.0. The minimum atomic E-state index is -0.262. The second kappa shape index (κ2) is 9.67. The largest absolute Gasteiger partial charge is 0.508 e. The van der Waals surface area contributed by atoms with Gasteiger partial charge in [-0.15, -0.1) is 0 Å². The number of rotatable bonds is 3. The van der Waals surface area contributed by atoms with Crippen LogP contribution in [0, 0.1) is 0 Å². The molecular weight excluding hydrogens is 468 g/mol. The van der Waals surface area contributed by atoms with E-state index >= 15 is 0 Å². The summed E-state index contributed by atoms with van der Waals surface area (Å²) in [6, 6.07) is 16.0. The summed E-state index contributed by atoms with van der Waals surface area (Å²) >= 11 is 0. The molecule has 3 nitrogen and oxygen atoms in total. The van der Waals surface area contributed by atoms with Crippen LogP contribution >= 0.6 is 0 Å². The van der Waals surface area contributed by atoms with Gasteiger partial charge in [-0.3, -0.25) is 0 Å². The fourth-order valence-electron chi connectivity index (χ4n) is 5.18. The molecule has 0 aliphatic carbocycles. The minimum Gasteiger partial charge on any atom is -0.508 e. The third-order valence-corrected chi connectivity index (χ3v) is 7.39. The van der Waals surface area contributed by atoms with Crippen LogP contribution in [0.5, 0.6) is 17.2 Å². The lowest BCUT2D eigenvalue weighted by Gasteiger charge is -2.32. The van der Waals surface area contributed by atoms with E-state index in [-0.39, 0.29) is 33.3 Å². The molecule has 0 aliphatic rings. The third-order valence-electron chi connectivity index (χ3n) is 7.39. The molecule has 0 saturated carbocycles. The summed E-state index contributed by atoms with van der Waals surface area (Å²) in [4.78, 5) is 0. The third kappa shape index (κ3) is 6.03. The quantitative estimate of drug-likeness (QED) is 0.304. The molecule has 3 N–H and O–H groups in total. The number of hydrogen-bond donors (Lipinski definition) is 3. The van der Waals surface area contributed by atoms with Gasteiger partial charge >= 0.3 is 0 Å². The van der Waals surface area contributed by atoms with Crippen LogP contribution in [0.1, 0.15) is 128 Å². The highest BCUT2D eigenvalue weighted by atomic mass is 16.3. The van der Waals surface area contributed by atoms with Crippen LogP contribution in [0.2, 0.25) is 0 Å². The monoisotopic (exact) mass is 516 g/mol. The van der Waals surface area contributed by atoms with Crippen LogP contribution < -0.4 is 0 Å². The lowest BCUT2D eigenvalue weighted by atomic mass is 9.73. The Morgan fingerprint density at radius 2 is 0.684 bits per heavy atom. The summed E-state index contributed by atoms with van der Waals surface area (Å²) in [6.07, 6.45) is 0. The molecule has 0 saturated heterocycles. The van der Waals surface area contributed by atoms with Gasteiger partial charge in [-0.05, 0) is 72.7 Å². The van der Waals surface area contributed by atoms with Gasteiger partial charge < -0.3 is 15.3 Å². The fourth-order valence-corrected chi connectivity index (χ4v) is 5.18. The van der Waals surface area contributed by atoms with E-state index in [9.17, 15) is 15.3 Å². The van der Waals surface area contributed by atoms with Crippen molar-refractivity contribution in [3.63, 3.8) is 0 Å². The van der Waals surface area contributed by atoms with E-state index in [1.54, 1.807) is 12.1 Å². The van der Waals surface area contributed by atoms with Gasteiger partial charge in [-0.25, -0.2) is 0 Å². The number of hydrogen-bond acceptors (Lipinski definition) is 3. The van der Waals surface area contributed by atoms with Gasteiger partial charge in [0.2, 0.25) is 0 Å². The van der Waals surface area contributed by atoms with Crippen LogP contribution in [0.3, 0.4) is 0 Å². The maximum Gasteiger partial charge on any atom is 0.123 e. The van der Waals surface area contributed by atoms with E-state index in [0.29, 0.717) is 11.5 Å². The second-order valence-electron chi connectivity index (χ2n) is 15.0. The molecule has 3 aromatic carbocycles. The zero-order valence-corrected chi connectivity index (χ0v) is 25.5. The topological polar surface area (TPSA) is 60.7 Å². The van der Waals surface area contributed by atoms with Crippen LogP contribution in [-0.2, 0) is 21.7 Å². The Morgan fingerprint density at radius 1 is 0.421 bits per heavy atom. The lowest BCUT2D eigenvalue weighted by molar-refractivity contribution is 0.422. The van der Waals surface area contributed by atoms with Gasteiger partial charge in [-0.2, -0.15) is 0 Å². The van der Waals surface area contributed by atoms with Crippen LogP contribution in [-0.4, -0.2) is 15.3 Å². The summed E-state index contributed by atoms with van der Waals surface area (Å²) in [5, 5.41) is 32.9. The molecule has 0 aliphatic heterocycles. The molecule has 0 heterocycles. The lowest BCUT2D eigenvalue weighted by Crippen LogP contribution is -2.20. The molecule has 0 spiro atoms. The van der Waals surface area contributed by atoms with Crippen molar-refractivity contribution in [1.82, 2.24) is 0 Å². The average Bonchev–Trinajstić information content (AvgIpc) is 2.73.